The SMILES string of the molecule is CCCCc1nn(CC(C)(CC)CC)c(=O)n1Cc1ccc(-c2ccccc2-c2noc(=O)[nH]2)cc1. The molecule has 0 aliphatic carbocycles. The van der Waals surface area contributed by atoms with Crippen LogP contribution in [-0.4, -0.2) is 24.5 Å². The van der Waals surface area contributed by atoms with Crippen molar-refractivity contribution in [3.63, 3.8) is 0 Å². The normalized spacial score (nSPS) is 11.8. The molecule has 4 aromatic rings. The van der Waals surface area contributed by atoms with E-state index in [0.717, 1.165) is 60.2 Å². The molecule has 2 aromatic heterocycles. The summed E-state index contributed by atoms with van der Waals surface area (Å²) in [5.41, 5.74) is 3.73. The summed E-state index contributed by atoms with van der Waals surface area (Å²) >= 11 is 0. The van der Waals surface area contributed by atoms with Gasteiger partial charge in [-0.1, -0.05) is 87.8 Å². The van der Waals surface area contributed by atoms with E-state index in [-0.39, 0.29) is 11.1 Å². The number of nitrogens with one attached hydrogen (secondary N) is 1. The smallest absolute Gasteiger partial charge is 0.296 e. The number of aromatic nitrogens is 5. The summed E-state index contributed by atoms with van der Waals surface area (Å²) < 4.78 is 8.18. The van der Waals surface area contributed by atoms with Crippen LogP contribution in [0.15, 0.2) is 62.6 Å². The number of hydrogen-bond donors (Lipinski definition) is 1. The van der Waals surface area contributed by atoms with Gasteiger partial charge in [0.05, 0.1) is 13.1 Å². The summed E-state index contributed by atoms with van der Waals surface area (Å²) in [6, 6.07) is 15.8. The van der Waals surface area contributed by atoms with Crippen LogP contribution in [-0.2, 0) is 19.5 Å². The van der Waals surface area contributed by atoms with Crippen molar-refractivity contribution in [2.45, 2.75) is 72.9 Å². The second-order valence-corrected chi connectivity index (χ2v) is 9.75. The fourth-order valence-electron chi connectivity index (χ4n) is 4.36. The number of hydrogen-bond acceptors (Lipinski definition) is 5. The molecular formula is C28H35N5O3. The highest BCUT2D eigenvalue weighted by atomic mass is 16.5. The van der Waals surface area contributed by atoms with Gasteiger partial charge >= 0.3 is 11.4 Å². The highest BCUT2D eigenvalue weighted by Crippen LogP contribution is 2.30. The molecule has 0 radical (unpaired) electrons. The lowest BCUT2D eigenvalue weighted by Crippen LogP contribution is -2.32. The van der Waals surface area contributed by atoms with Gasteiger partial charge in [-0.15, -0.1) is 0 Å². The highest BCUT2D eigenvalue weighted by Gasteiger charge is 2.24. The highest BCUT2D eigenvalue weighted by molar-refractivity contribution is 5.80. The quantitative estimate of drug-likeness (QED) is 0.309. The van der Waals surface area contributed by atoms with E-state index in [1.165, 1.54) is 0 Å². The third kappa shape index (κ3) is 5.42. The lowest BCUT2D eigenvalue weighted by molar-refractivity contribution is 0.234. The van der Waals surface area contributed by atoms with Crippen LogP contribution in [0.25, 0.3) is 22.5 Å². The molecule has 0 fully saturated rings. The van der Waals surface area contributed by atoms with Crippen LogP contribution in [0.3, 0.4) is 0 Å². The summed E-state index contributed by atoms with van der Waals surface area (Å²) in [6.07, 6.45) is 4.83. The zero-order valence-electron chi connectivity index (χ0n) is 21.6. The van der Waals surface area contributed by atoms with Crippen molar-refractivity contribution in [1.29, 1.82) is 0 Å². The third-order valence-electron chi connectivity index (χ3n) is 7.22. The summed E-state index contributed by atoms with van der Waals surface area (Å²) in [4.78, 5) is 27.4. The van der Waals surface area contributed by atoms with Crippen molar-refractivity contribution in [3.05, 3.63) is 81.0 Å². The van der Waals surface area contributed by atoms with Gasteiger partial charge in [0.15, 0.2) is 5.82 Å². The zero-order chi connectivity index (χ0) is 25.7. The van der Waals surface area contributed by atoms with Gasteiger partial charge in [-0.05, 0) is 41.4 Å². The third-order valence-corrected chi connectivity index (χ3v) is 7.22. The first-order valence-electron chi connectivity index (χ1n) is 12.8. The van der Waals surface area contributed by atoms with Gasteiger partial charge < -0.3 is 0 Å². The molecule has 4 rings (SSSR count). The van der Waals surface area contributed by atoms with Crippen molar-refractivity contribution in [2.75, 3.05) is 0 Å². The topological polar surface area (TPSA) is 98.7 Å². The van der Waals surface area contributed by atoms with Gasteiger partial charge in [0.2, 0.25) is 0 Å². The zero-order valence-corrected chi connectivity index (χ0v) is 21.6. The molecule has 2 heterocycles. The molecule has 0 bridgehead atoms. The van der Waals surface area contributed by atoms with Crippen molar-refractivity contribution in [3.8, 4) is 22.5 Å². The van der Waals surface area contributed by atoms with Crippen LogP contribution in [0.4, 0.5) is 0 Å². The van der Waals surface area contributed by atoms with Crippen molar-refractivity contribution < 1.29 is 4.52 Å². The first-order valence-corrected chi connectivity index (χ1v) is 12.8. The maximum Gasteiger partial charge on any atom is 0.439 e. The Morgan fingerprint density at radius 3 is 2.28 bits per heavy atom. The molecular weight excluding hydrogens is 454 g/mol. The Bertz CT molecular complexity index is 1400. The van der Waals surface area contributed by atoms with E-state index in [4.69, 9.17) is 9.62 Å². The van der Waals surface area contributed by atoms with Crippen molar-refractivity contribution in [2.24, 2.45) is 5.41 Å². The molecule has 0 atom stereocenters. The maximum absolute atomic E-state index is 13.4. The molecule has 0 aliphatic heterocycles. The fourth-order valence-corrected chi connectivity index (χ4v) is 4.36. The molecule has 0 saturated carbocycles. The number of aryl methyl sites for hydroxylation is 1. The Labute approximate surface area is 211 Å². The minimum atomic E-state index is -0.585. The van der Waals surface area contributed by atoms with E-state index in [2.05, 4.69) is 37.8 Å². The van der Waals surface area contributed by atoms with Gasteiger partial charge in [0.1, 0.15) is 5.82 Å². The molecule has 190 valence electrons. The summed E-state index contributed by atoms with van der Waals surface area (Å²) in [5.74, 6) is 0.657. The van der Waals surface area contributed by atoms with Crippen LogP contribution < -0.4 is 11.4 Å². The van der Waals surface area contributed by atoms with Gasteiger partial charge in [0.25, 0.3) is 0 Å². The monoisotopic (exact) mass is 489 g/mol. The lowest BCUT2D eigenvalue weighted by Gasteiger charge is -2.25. The molecule has 0 spiro atoms. The van der Waals surface area contributed by atoms with Crippen LogP contribution in [0.2, 0.25) is 0 Å². The Morgan fingerprint density at radius 1 is 0.972 bits per heavy atom. The van der Waals surface area contributed by atoms with E-state index in [1.54, 1.807) is 4.68 Å². The number of benzene rings is 2. The molecule has 0 aliphatic rings. The predicted octanol–water partition coefficient (Wildman–Crippen LogP) is 5.27. The second kappa shape index (κ2) is 10.9. The second-order valence-electron chi connectivity index (χ2n) is 9.75. The van der Waals surface area contributed by atoms with Gasteiger partial charge in [-0.25, -0.2) is 14.3 Å². The molecule has 8 nitrogen and oxygen atoms in total. The number of nitrogens with zero attached hydrogens (tertiary/aromatic N) is 4. The summed E-state index contributed by atoms with van der Waals surface area (Å²) in [5, 5.41) is 8.60. The van der Waals surface area contributed by atoms with Crippen LogP contribution >= 0.6 is 0 Å². The van der Waals surface area contributed by atoms with Gasteiger partial charge in [0, 0.05) is 12.0 Å². The van der Waals surface area contributed by atoms with Crippen LogP contribution in [0.5, 0.6) is 0 Å². The molecule has 2 aromatic carbocycles. The molecule has 36 heavy (non-hydrogen) atoms. The standard InChI is InChI=1S/C28H35N5O3/c1-5-8-13-24-30-33(19-28(4,6-2)7-3)27(35)32(24)18-20-14-16-21(17-15-20)22-11-9-10-12-23(22)25-29-26(34)36-31-25/h9-12,14-17H,5-8,13,18-19H2,1-4H3,(H,29,31,34). The number of H-pyrrole nitrogens is 1. The van der Waals surface area contributed by atoms with E-state index < -0.39 is 5.76 Å². The van der Waals surface area contributed by atoms with E-state index >= 15 is 0 Å². The Hall–Kier alpha value is -3.68. The maximum atomic E-state index is 13.4. The molecule has 8 heteroatoms. The first kappa shape index (κ1) is 25.4. The van der Waals surface area contributed by atoms with E-state index in [1.807, 2.05) is 53.1 Å². The van der Waals surface area contributed by atoms with E-state index in [9.17, 15) is 9.59 Å². The summed E-state index contributed by atoms with van der Waals surface area (Å²) in [7, 11) is 0. The Balaban J connectivity index is 1.63. The van der Waals surface area contributed by atoms with Crippen molar-refractivity contribution >= 4 is 0 Å². The minimum Gasteiger partial charge on any atom is -0.296 e. The van der Waals surface area contributed by atoms with Gasteiger partial charge in [-0.2, -0.15) is 5.10 Å². The average Bonchev–Trinajstić information content (AvgIpc) is 3.46. The molecule has 1 N–H and O–H groups in total. The first-order chi connectivity index (χ1) is 17.4. The largest absolute Gasteiger partial charge is 0.439 e. The average molecular weight is 490 g/mol. The predicted molar refractivity (Wildman–Crippen MR) is 141 cm³/mol. The van der Waals surface area contributed by atoms with Crippen LogP contribution in [0, 0.1) is 5.41 Å². The number of rotatable bonds is 11. The van der Waals surface area contributed by atoms with Crippen molar-refractivity contribution in [1.82, 2.24) is 24.5 Å². The summed E-state index contributed by atoms with van der Waals surface area (Å²) in [6.45, 7) is 9.81. The Morgan fingerprint density at radius 2 is 1.67 bits per heavy atom. The minimum absolute atomic E-state index is 0.0429. The van der Waals surface area contributed by atoms with E-state index in [0.29, 0.717) is 18.9 Å². The number of unbranched alkanes of at least 4 members (excludes halogenated alkanes) is 1. The molecule has 0 saturated heterocycles. The molecule has 0 unspecified atom stereocenters. The fraction of sp³-hybridized carbons (Fsp3) is 0.429. The number of aromatic amines is 1. The lowest BCUT2D eigenvalue weighted by atomic mass is 9.85. The van der Waals surface area contributed by atoms with Gasteiger partial charge in [-0.3, -0.25) is 14.1 Å². The molecule has 0 amide bonds. The Kier molecular flexibility index (Phi) is 7.72. The van der Waals surface area contributed by atoms with Crippen LogP contribution in [0.1, 0.15) is 64.8 Å².